The van der Waals surface area contributed by atoms with Gasteiger partial charge in [-0.15, -0.1) is 0 Å². The molecule has 0 bridgehead atoms. The fourth-order valence-electron chi connectivity index (χ4n) is 2.91. The molecule has 0 unspecified atom stereocenters. The fraction of sp³-hybridized carbons (Fsp3) is 0. The number of benzene rings is 2. The van der Waals surface area contributed by atoms with Crippen molar-refractivity contribution in [1.29, 1.82) is 0 Å². The van der Waals surface area contributed by atoms with Gasteiger partial charge in [-0.05, 0) is 48.5 Å². The minimum atomic E-state index is -0.940. The lowest BCUT2D eigenvalue weighted by Gasteiger charge is -2.10. The number of aromatic nitrogens is 2. The molecule has 0 atom stereocenters. The van der Waals surface area contributed by atoms with Crippen LogP contribution < -0.4 is 0 Å². The second-order valence-electron chi connectivity index (χ2n) is 5.92. The Balaban J connectivity index is 1.76. The van der Waals surface area contributed by atoms with E-state index in [1.165, 1.54) is 24.3 Å². The van der Waals surface area contributed by atoms with Gasteiger partial charge in [-0.25, -0.2) is 19.6 Å². The van der Waals surface area contributed by atoms with Gasteiger partial charge in [0.05, 0.1) is 32.2 Å². The van der Waals surface area contributed by atoms with Crippen molar-refractivity contribution < 1.29 is 14.3 Å². The molecule has 2 heterocycles. The van der Waals surface area contributed by atoms with E-state index in [1.807, 2.05) is 0 Å². The molecule has 0 saturated heterocycles. The highest BCUT2D eigenvalue weighted by molar-refractivity contribution is 6.37. The molecule has 0 spiro atoms. The normalized spacial score (nSPS) is 11.0. The van der Waals surface area contributed by atoms with E-state index >= 15 is 0 Å². The van der Waals surface area contributed by atoms with Crippen molar-refractivity contribution in [3.05, 3.63) is 80.0 Å². The van der Waals surface area contributed by atoms with Gasteiger partial charge >= 0.3 is 11.9 Å². The van der Waals surface area contributed by atoms with Crippen LogP contribution in [0.5, 0.6) is 0 Å². The molecule has 0 aliphatic carbocycles. The second kappa shape index (κ2) is 7.76. The maximum absolute atomic E-state index is 12.8. The topological polar surface area (TPSA) is 69.2 Å². The smallest absolute Gasteiger partial charge is 0.348 e. The summed E-state index contributed by atoms with van der Waals surface area (Å²) in [7, 11) is 0. The third-order valence-electron chi connectivity index (χ3n) is 4.17. The molecule has 0 aliphatic heterocycles. The van der Waals surface area contributed by atoms with Crippen LogP contribution in [-0.4, -0.2) is 21.9 Å². The summed E-state index contributed by atoms with van der Waals surface area (Å²) in [5.41, 5.74) is 0.866. The van der Waals surface area contributed by atoms with Gasteiger partial charge in [0.2, 0.25) is 0 Å². The van der Waals surface area contributed by atoms with Crippen LogP contribution in [0.15, 0.2) is 48.5 Å². The van der Waals surface area contributed by atoms with Gasteiger partial charge in [-0.1, -0.05) is 46.4 Å². The first kappa shape index (κ1) is 19.9. The van der Waals surface area contributed by atoms with Gasteiger partial charge in [0.15, 0.2) is 0 Å². The Hall–Kier alpha value is -2.44. The van der Waals surface area contributed by atoms with Gasteiger partial charge in [0, 0.05) is 10.8 Å². The van der Waals surface area contributed by atoms with Crippen LogP contribution in [0.2, 0.25) is 20.4 Å². The molecular formula is C20H8Cl4N2O3. The highest BCUT2D eigenvalue weighted by Gasteiger charge is 2.24. The molecule has 144 valence electrons. The summed E-state index contributed by atoms with van der Waals surface area (Å²) in [5, 5.41) is 1.52. The zero-order valence-corrected chi connectivity index (χ0v) is 17.3. The number of pyridine rings is 2. The van der Waals surface area contributed by atoms with Crippen LogP contribution in [0.1, 0.15) is 20.7 Å². The Morgan fingerprint density at radius 1 is 0.621 bits per heavy atom. The molecule has 29 heavy (non-hydrogen) atoms. The number of fused-ring (bicyclic) bond motifs is 2. The molecule has 0 saturated carbocycles. The zero-order valence-electron chi connectivity index (χ0n) is 14.2. The minimum absolute atomic E-state index is 0.000730. The molecule has 0 fully saturated rings. The number of hydrogen-bond donors (Lipinski definition) is 0. The van der Waals surface area contributed by atoms with Gasteiger partial charge in [0.1, 0.15) is 10.3 Å². The Labute approximate surface area is 184 Å². The van der Waals surface area contributed by atoms with Gasteiger partial charge < -0.3 is 4.74 Å². The van der Waals surface area contributed by atoms with E-state index in [0.717, 1.165) is 0 Å². The number of esters is 2. The number of carbonyl (C=O) groups excluding carboxylic acids is 2. The molecule has 0 amide bonds. The Morgan fingerprint density at radius 3 is 1.45 bits per heavy atom. The second-order valence-corrected chi connectivity index (χ2v) is 7.51. The predicted molar refractivity (Wildman–Crippen MR) is 113 cm³/mol. The number of nitrogens with zero attached hydrogens (tertiary/aromatic N) is 2. The van der Waals surface area contributed by atoms with Crippen LogP contribution >= 0.6 is 46.4 Å². The van der Waals surface area contributed by atoms with Crippen molar-refractivity contribution in [2.45, 2.75) is 0 Å². The predicted octanol–water partition coefficient (Wildman–Crippen LogP) is 6.39. The Kier molecular flexibility index (Phi) is 5.32. The highest BCUT2D eigenvalue weighted by Crippen LogP contribution is 2.30. The average molecular weight is 466 g/mol. The van der Waals surface area contributed by atoms with E-state index < -0.39 is 11.9 Å². The average Bonchev–Trinajstić information content (AvgIpc) is 2.67. The first-order valence-electron chi connectivity index (χ1n) is 8.11. The quantitative estimate of drug-likeness (QED) is 0.195. The molecule has 5 nitrogen and oxygen atoms in total. The molecule has 4 aromatic rings. The summed E-state index contributed by atoms with van der Waals surface area (Å²) in [6, 6.07) is 12.4. The summed E-state index contributed by atoms with van der Waals surface area (Å²) in [4.78, 5) is 33.8. The summed E-state index contributed by atoms with van der Waals surface area (Å²) in [6.07, 6.45) is 0. The monoisotopic (exact) mass is 464 g/mol. The largest absolute Gasteiger partial charge is 0.386 e. The van der Waals surface area contributed by atoms with E-state index in [4.69, 9.17) is 51.1 Å². The van der Waals surface area contributed by atoms with Gasteiger partial charge in [0.25, 0.3) is 0 Å². The summed E-state index contributed by atoms with van der Waals surface area (Å²) < 4.78 is 5.09. The molecule has 2 aromatic heterocycles. The molecule has 9 heteroatoms. The highest BCUT2D eigenvalue weighted by atomic mass is 35.5. The van der Waals surface area contributed by atoms with E-state index in [1.54, 1.807) is 24.3 Å². The number of ether oxygens (including phenoxy) is 1. The van der Waals surface area contributed by atoms with Gasteiger partial charge in [-0.2, -0.15) is 0 Å². The maximum Gasteiger partial charge on any atom is 0.348 e. The van der Waals surface area contributed by atoms with Crippen molar-refractivity contribution in [1.82, 2.24) is 9.97 Å². The summed E-state index contributed by atoms with van der Waals surface area (Å²) in [5.74, 6) is -1.88. The van der Waals surface area contributed by atoms with Gasteiger partial charge in [-0.3, -0.25) is 0 Å². The van der Waals surface area contributed by atoms with Crippen LogP contribution in [0.25, 0.3) is 21.8 Å². The van der Waals surface area contributed by atoms with E-state index in [-0.39, 0.29) is 31.5 Å². The Morgan fingerprint density at radius 2 is 1.03 bits per heavy atom. The van der Waals surface area contributed by atoms with Crippen molar-refractivity contribution in [3.8, 4) is 0 Å². The molecular weight excluding hydrogens is 458 g/mol. The molecule has 4 rings (SSSR count). The standard InChI is InChI=1S/C20H8Cl4N2O3/c21-11-3-5-13-9(1-7-15(23)25-13)17(11)19(27)29-20(28)18-10-2-8-16(24)26-14(10)6-4-12(18)22/h1-8H. The minimum Gasteiger partial charge on any atom is -0.386 e. The van der Waals surface area contributed by atoms with Crippen LogP contribution in [0.4, 0.5) is 0 Å². The third-order valence-corrected chi connectivity index (χ3v) is 5.22. The lowest BCUT2D eigenvalue weighted by molar-refractivity contribution is 0.0401. The fourth-order valence-corrected chi connectivity index (χ4v) is 3.70. The van der Waals surface area contributed by atoms with Crippen molar-refractivity contribution >= 4 is 80.1 Å². The van der Waals surface area contributed by atoms with Crippen LogP contribution in [0.3, 0.4) is 0 Å². The number of carbonyl (C=O) groups is 2. The lowest BCUT2D eigenvalue weighted by atomic mass is 10.1. The Bertz CT molecular complexity index is 1220. The van der Waals surface area contributed by atoms with E-state index in [2.05, 4.69) is 9.97 Å². The number of halogens is 4. The summed E-state index contributed by atoms with van der Waals surface area (Å²) in [6.45, 7) is 0. The third kappa shape index (κ3) is 3.74. The number of rotatable bonds is 2. The molecule has 0 N–H and O–H groups in total. The summed E-state index contributed by atoms with van der Waals surface area (Å²) >= 11 is 24.2. The van der Waals surface area contributed by atoms with E-state index in [9.17, 15) is 9.59 Å². The van der Waals surface area contributed by atoms with Crippen molar-refractivity contribution in [2.24, 2.45) is 0 Å². The molecule has 0 aliphatic rings. The van der Waals surface area contributed by atoms with Crippen LogP contribution in [0, 0.1) is 0 Å². The van der Waals surface area contributed by atoms with Crippen molar-refractivity contribution in [2.75, 3.05) is 0 Å². The SMILES string of the molecule is O=C(OC(=O)c1c(Cl)ccc2nc(Cl)ccc12)c1c(Cl)ccc2nc(Cl)ccc12. The van der Waals surface area contributed by atoms with E-state index in [0.29, 0.717) is 21.8 Å². The maximum atomic E-state index is 12.8. The number of hydrogen-bond acceptors (Lipinski definition) is 5. The molecule has 2 aromatic carbocycles. The zero-order chi connectivity index (χ0) is 20.7. The van der Waals surface area contributed by atoms with Crippen molar-refractivity contribution in [3.63, 3.8) is 0 Å². The first-order chi connectivity index (χ1) is 13.8. The van der Waals surface area contributed by atoms with Crippen LogP contribution in [-0.2, 0) is 4.74 Å². The molecule has 0 radical (unpaired) electrons. The first-order valence-corrected chi connectivity index (χ1v) is 9.62. The lowest BCUT2D eigenvalue weighted by Crippen LogP contribution is -2.15.